The number of halogens is 1. The van der Waals surface area contributed by atoms with Gasteiger partial charge in [0.2, 0.25) is 0 Å². The van der Waals surface area contributed by atoms with E-state index in [4.69, 9.17) is 16.3 Å². The molecule has 2 aliphatic heterocycles. The van der Waals surface area contributed by atoms with Gasteiger partial charge in [0.05, 0.1) is 21.6 Å². The summed E-state index contributed by atoms with van der Waals surface area (Å²) >= 11 is 6.23. The van der Waals surface area contributed by atoms with Crippen molar-refractivity contribution < 1.29 is 22.9 Å². The Balaban J connectivity index is 1.01. The summed E-state index contributed by atoms with van der Waals surface area (Å²) in [7, 11) is -4.53. The molecule has 0 bridgehead atoms. The summed E-state index contributed by atoms with van der Waals surface area (Å²) in [5.41, 5.74) is 5.57. The Morgan fingerprint density at radius 2 is 1.81 bits per heavy atom. The largest absolute Gasteiger partial charge is 0.455 e. The minimum atomic E-state index is -4.53. The molecule has 4 N–H and O–H groups in total. The number of aromatic nitrogens is 2. The first kappa shape index (κ1) is 40.3. The number of allylic oxidation sites excluding steroid dienone is 1. The fourth-order valence-electron chi connectivity index (χ4n) is 7.94. The van der Waals surface area contributed by atoms with Crippen LogP contribution in [0.5, 0.6) is 11.5 Å². The maximum absolute atomic E-state index is 13.8. The zero-order valence-corrected chi connectivity index (χ0v) is 34.5. The third-order valence-corrected chi connectivity index (χ3v) is 13.1. The Labute approximate surface area is 348 Å². The Bertz CT molecular complexity index is 2530. The summed E-state index contributed by atoms with van der Waals surface area (Å²) in [6.45, 7) is 10.7. The Morgan fingerprint density at radius 1 is 1.03 bits per heavy atom. The number of pyridine rings is 1. The number of rotatable bonds is 13. The quantitative estimate of drug-likeness (QED) is 0.0685. The van der Waals surface area contributed by atoms with Gasteiger partial charge in [0.15, 0.2) is 0 Å². The zero-order chi connectivity index (χ0) is 41.3. The van der Waals surface area contributed by atoms with Crippen molar-refractivity contribution in [3.63, 3.8) is 0 Å². The van der Waals surface area contributed by atoms with Gasteiger partial charge in [-0.1, -0.05) is 43.2 Å². The minimum absolute atomic E-state index is 0.0334. The molecular weight excluding hydrogens is 792 g/mol. The standard InChI is InChI=1S/C43H47ClN8O6S/c1-43(2)13-11-31(37(22-43)29-3-5-32(44)6-4-29)27-50-15-17-51(18-16-50)33-7-9-36(40(20-33)58-34-19-30-12-14-46-41(30)48-26-34)42(53)49-59(56,57)35-8-10-38(39(21-35)52(54)55)47-25-28-23-45-24-28/h3-10,12,14,19-21,26,28,45,47H,11,13,15-18,22-25,27H2,1-2H3,(H,46,48)(H,49,53). The Hall–Kier alpha value is -5.48. The van der Waals surface area contributed by atoms with Crippen LogP contribution in [0.1, 0.15) is 49.0 Å². The van der Waals surface area contributed by atoms with Gasteiger partial charge in [0.1, 0.15) is 22.8 Å². The van der Waals surface area contributed by atoms with Crippen LogP contribution in [-0.4, -0.2) is 86.5 Å². The number of amides is 1. The van der Waals surface area contributed by atoms with Crippen LogP contribution in [0.4, 0.5) is 17.1 Å². The van der Waals surface area contributed by atoms with E-state index in [1.54, 1.807) is 30.5 Å². The van der Waals surface area contributed by atoms with Gasteiger partial charge in [-0.25, -0.2) is 18.1 Å². The van der Waals surface area contributed by atoms with Crippen LogP contribution in [0.25, 0.3) is 16.6 Å². The highest BCUT2D eigenvalue weighted by atomic mass is 35.5. The summed E-state index contributed by atoms with van der Waals surface area (Å²) in [5, 5.41) is 19.7. The summed E-state index contributed by atoms with van der Waals surface area (Å²) in [6.07, 6.45) is 6.49. The maximum Gasteiger partial charge on any atom is 0.293 e. The highest BCUT2D eigenvalue weighted by Crippen LogP contribution is 2.43. The summed E-state index contributed by atoms with van der Waals surface area (Å²) < 4.78 is 35.6. The number of nitro groups is 1. The van der Waals surface area contributed by atoms with Crippen LogP contribution < -0.4 is 25.0 Å². The third kappa shape index (κ3) is 9.23. The molecule has 3 aromatic carbocycles. The number of H-pyrrole nitrogens is 1. The molecule has 14 nitrogen and oxygen atoms in total. The van der Waals surface area contributed by atoms with E-state index < -0.39 is 31.4 Å². The SMILES string of the molecule is CC1(C)CCC(CN2CCN(c3ccc(C(=O)NS(=O)(=O)c4ccc(NCC5CNC5)c([N+](=O)[O-])c4)c(Oc4cnc5[nH]ccc5c4)c3)CC2)=C(c2ccc(Cl)cc2)C1. The molecule has 4 heterocycles. The number of carbonyl (C=O) groups excluding carboxylic acids is 1. The third-order valence-electron chi connectivity index (χ3n) is 11.5. The van der Waals surface area contributed by atoms with Crippen LogP contribution in [0.3, 0.4) is 0 Å². The van der Waals surface area contributed by atoms with E-state index in [9.17, 15) is 23.3 Å². The lowest BCUT2D eigenvalue weighted by atomic mass is 9.72. The molecule has 0 spiro atoms. The number of piperazine rings is 1. The molecule has 0 atom stereocenters. The van der Waals surface area contributed by atoms with E-state index in [0.29, 0.717) is 23.9 Å². The number of carbonyl (C=O) groups is 1. The highest BCUT2D eigenvalue weighted by Gasteiger charge is 2.31. The molecule has 59 heavy (non-hydrogen) atoms. The molecule has 1 aliphatic carbocycles. The second kappa shape index (κ2) is 16.6. The lowest BCUT2D eigenvalue weighted by molar-refractivity contribution is -0.384. The van der Waals surface area contributed by atoms with Gasteiger partial charge in [-0.15, -0.1) is 0 Å². The molecule has 5 aromatic rings. The van der Waals surface area contributed by atoms with Crippen LogP contribution in [0.15, 0.2) is 95.7 Å². The number of sulfonamides is 1. The lowest BCUT2D eigenvalue weighted by Crippen LogP contribution is -2.47. The predicted octanol–water partition coefficient (Wildman–Crippen LogP) is 7.45. The number of fused-ring (bicyclic) bond motifs is 1. The van der Waals surface area contributed by atoms with Gasteiger partial charge in [-0.05, 0) is 84.3 Å². The number of benzene rings is 3. The first-order chi connectivity index (χ1) is 28.3. The molecular formula is C43H47ClN8O6S. The number of nitro benzene ring substituents is 1. The minimum Gasteiger partial charge on any atom is -0.455 e. The summed E-state index contributed by atoms with van der Waals surface area (Å²) in [4.78, 5) is 36.9. The highest BCUT2D eigenvalue weighted by molar-refractivity contribution is 7.90. The fraction of sp³-hybridized carbons (Fsp3) is 0.349. The summed E-state index contributed by atoms with van der Waals surface area (Å²) in [6, 6.07) is 20.4. The van der Waals surface area contributed by atoms with E-state index in [-0.39, 0.29) is 22.4 Å². The van der Waals surface area contributed by atoms with Crippen molar-refractivity contribution in [3.8, 4) is 11.5 Å². The zero-order valence-electron chi connectivity index (χ0n) is 33.0. The first-order valence-corrected chi connectivity index (χ1v) is 21.7. The Morgan fingerprint density at radius 3 is 2.54 bits per heavy atom. The van der Waals surface area contributed by atoms with Gasteiger partial charge in [0, 0.05) is 92.7 Å². The van der Waals surface area contributed by atoms with Crippen LogP contribution in [0, 0.1) is 21.4 Å². The van der Waals surface area contributed by atoms with Gasteiger partial charge >= 0.3 is 0 Å². The van der Waals surface area contributed by atoms with Crippen molar-refractivity contribution in [3.05, 3.63) is 117 Å². The van der Waals surface area contributed by atoms with E-state index >= 15 is 0 Å². The van der Waals surface area contributed by atoms with E-state index in [1.165, 1.54) is 35.0 Å². The predicted molar refractivity (Wildman–Crippen MR) is 230 cm³/mol. The van der Waals surface area contributed by atoms with Crippen molar-refractivity contribution in [2.45, 2.75) is 38.0 Å². The number of nitrogens with one attached hydrogen (secondary N) is 4. The van der Waals surface area contributed by atoms with Gasteiger partial charge in [-0.3, -0.25) is 19.8 Å². The molecule has 0 radical (unpaired) electrons. The average Bonchev–Trinajstić information content (AvgIpc) is 3.66. The Kier molecular flexibility index (Phi) is 11.4. The molecule has 0 saturated carbocycles. The lowest BCUT2D eigenvalue weighted by Gasteiger charge is -2.39. The molecule has 2 fully saturated rings. The normalized spacial score (nSPS) is 17.4. The number of ether oxygens (including phenoxy) is 1. The summed E-state index contributed by atoms with van der Waals surface area (Å²) in [5.74, 6) is -0.145. The number of aromatic amines is 1. The number of hydrogen-bond donors (Lipinski definition) is 4. The molecule has 3 aliphatic rings. The second-order valence-corrected chi connectivity index (χ2v) is 18.5. The van der Waals surface area contributed by atoms with Crippen molar-refractivity contribution >= 4 is 61.2 Å². The van der Waals surface area contributed by atoms with Crippen molar-refractivity contribution in [2.75, 3.05) is 62.6 Å². The monoisotopic (exact) mass is 838 g/mol. The molecule has 308 valence electrons. The van der Waals surface area contributed by atoms with Crippen LogP contribution in [0.2, 0.25) is 5.02 Å². The molecule has 0 unspecified atom stereocenters. The smallest absolute Gasteiger partial charge is 0.293 e. The molecule has 2 aromatic heterocycles. The molecule has 2 saturated heterocycles. The van der Waals surface area contributed by atoms with E-state index in [0.717, 1.165) is 87.2 Å². The van der Waals surface area contributed by atoms with Crippen molar-refractivity contribution in [2.24, 2.45) is 11.3 Å². The fourth-order valence-corrected chi connectivity index (χ4v) is 9.05. The maximum atomic E-state index is 13.8. The number of anilines is 2. The molecule has 8 rings (SSSR count). The second-order valence-electron chi connectivity index (χ2n) is 16.3. The van der Waals surface area contributed by atoms with Gasteiger partial charge in [0.25, 0.3) is 21.6 Å². The molecule has 1 amide bonds. The van der Waals surface area contributed by atoms with Crippen LogP contribution in [-0.2, 0) is 10.0 Å². The van der Waals surface area contributed by atoms with Crippen LogP contribution >= 0.6 is 11.6 Å². The van der Waals surface area contributed by atoms with Crippen molar-refractivity contribution in [1.82, 2.24) is 24.9 Å². The topological polar surface area (TPSA) is 175 Å². The van der Waals surface area contributed by atoms with Gasteiger partial charge < -0.3 is 25.3 Å². The average molecular weight is 839 g/mol. The number of hydrogen-bond acceptors (Lipinski definition) is 11. The van der Waals surface area contributed by atoms with E-state index in [1.807, 2.05) is 18.2 Å². The first-order valence-electron chi connectivity index (χ1n) is 19.8. The molecule has 16 heteroatoms. The van der Waals surface area contributed by atoms with E-state index in [2.05, 4.69) is 61.1 Å². The van der Waals surface area contributed by atoms with Crippen molar-refractivity contribution in [1.29, 1.82) is 0 Å². The van der Waals surface area contributed by atoms with Gasteiger partial charge in [-0.2, -0.15) is 0 Å². The number of nitrogens with zero attached hydrogens (tertiary/aromatic N) is 4.